The van der Waals surface area contributed by atoms with Crippen LogP contribution in [0.25, 0.3) is 0 Å². The van der Waals surface area contributed by atoms with Crippen LogP contribution in [-0.4, -0.2) is 43.5 Å². The van der Waals surface area contributed by atoms with Gasteiger partial charge in [-0.3, -0.25) is 9.78 Å². The highest BCUT2D eigenvalue weighted by Gasteiger charge is 2.32. The number of carbonyl (C=O) groups excluding carboxylic acids is 1. The van der Waals surface area contributed by atoms with Crippen molar-refractivity contribution in [3.05, 3.63) is 70.9 Å². The van der Waals surface area contributed by atoms with Crippen LogP contribution in [0.4, 0.5) is 32.4 Å². The zero-order valence-corrected chi connectivity index (χ0v) is 20.5. The number of amides is 1. The Hall–Kier alpha value is -3.82. The third-order valence-corrected chi connectivity index (χ3v) is 5.42. The number of hydrogen-bond donors (Lipinski definition) is 1. The first kappa shape index (κ1) is 28.7. The molecule has 3 rings (SSSR count). The number of rotatable bonds is 9. The van der Waals surface area contributed by atoms with Crippen LogP contribution in [0.3, 0.4) is 0 Å². The van der Waals surface area contributed by atoms with E-state index in [1.807, 2.05) is 0 Å². The Morgan fingerprint density at radius 1 is 1.05 bits per heavy atom. The standard InChI is InChI=1S/C22H20F6N4O5S/c1-13-18(19(33)31-38(2,34)35)30-20(36-13)32(12-15-5-8-17(29-11-15)21(23,24)25)10-9-14-3-6-16(7-4-14)37-22(26,27)28/h3-8,11H,9-10,12H2,1-2H3,(H,31,33). The molecule has 0 fully saturated rings. The third kappa shape index (κ3) is 8.36. The number of sulfonamides is 1. The summed E-state index contributed by atoms with van der Waals surface area (Å²) in [4.78, 5) is 21.2. The molecule has 0 bridgehead atoms. The molecule has 0 saturated carbocycles. The molecule has 0 unspecified atom stereocenters. The molecule has 2 aromatic heterocycles. The number of halogens is 6. The molecule has 0 atom stereocenters. The summed E-state index contributed by atoms with van der Waals surface area (Å²) in [6.45, 7) is 1.38. The van der Waals surface area contributed by atoms with E-state index in [4.69, 9.17) is 4.42 Å². The Balaban J connectivity index is 1.84. The molecular weight excluding hydrogens is 546 g/mol. The minimum absolute atomic E-state index is 0.0228. The molecule has 0 spiro atoms. The molecule has 38 heavy (non-hydrogen) atoms. The first-order valence-electron chi connectivity index (χ1n) is 10.6. The molecule has 1 aromatic carbocycles. The van der Waals surface area contributed by atoms with E-state index in [0.717, 1.165) is 30.7 Å². The van der Waals surface area contributed by atoms with Crippen molar-refractivity contribution in [3.63, 3.8) is 0 Å². The van der Waals surface area contributed by atoms with Gasteiger partial charge in [-0.1, -0.05) is 18.2 Å². The molecule has 0 aliphatic heterocycles. The Labute approximate surface area is 212 Å². The first-order chi connectivity index (χ1) is 17.5. The number of anilines is 1. The van der Waals surface area contributed by atoms with E-state index >= 15 is 0 Å². The molecule has 9 nitrogen and oxygen atoms in total. The van der Waals surface area contributed by atoms with Crippen LogP contribution in [0.2, 0.25) is 0 Å². The fraction of sp³-hybridized carbons (Fsp3) is 0.318. The maximum Gasteiger partial charge on any atom is 0.573 e. The lowest BCUT2D eigenvalue weighted by Crippen LogP contribution is -2.30. The Morgan fingerprint density at radius 2 is 1.68 bits per heavy atom. The molecule has 3 aromatic rings. The molecule has 1 amide bonds. The maximum atomic E-state index is 12.9. The number of alkyl halides is 6. The van der Waals surface area contributed by atoms with Crippen LogP contribution >= 0.6 is 0 Å². The van der Waals surface area contributed by atoms with Crippen LogP contribution < -0.4 is 14.4 Å². The number of nitrogens with zero attached hydrogens (tertiary/aromatic N) is 3. The average molecular weight is 566 g/mol. The molecular formula is C22H20F6N4O5S. The van der Waals surface area contributed by atoms with Crippen molar-refractivity contribution < 1.29 is 48.7 Å². The van der Waals surface area contributed by atoms with Gasteiger partial charge in [0.1, 0.15) is 17.2 Å². The highest BCUT2D eigenvalue weighted by Crippen LogP contribution is 2.28. The number of ether oxygens (including phenoxy) is 1. The van der Waals surface area contributed by atoms with E-state index in [1.54, 1.807) is 4.72 Å². The highest BCUT2D eigenvalue weighted by molar-refractivity contribution is 7.89. The van der Waals surface area contributed by atoms with E-state index in [1.165, 1.54) is 30.0 Å². The van der Waals surface area contributed by atoms with Gasteiger partial charge in [-0.25, -0.2) is 13.1 Å². The van der Waals surface area contributed by atoms with Gasteiger partial charge in [0.25, 0.3) is 11.9 Å². The quantitative estimate of drug-likeness (QED) is 0.383. The minimum atomic E-state index is -4.85. The van der Waals surface area contributed by atoms with E-state index in [9.17, 15) is 39.6 Å². The molecule has 16 heteroatoms. The topological polar surface area (TPSA) is 115 Å². The summed E-state index contributed by atoms with van der Waals surface area (Å²) >= 11 is 0. The van der Waals surface area contributed by atoms with Crippen molar-refractivity contribution in [2.24, 2.45) is 0 Å². The Morgan fingerprint density at radius 3 is 2.21 bits per heavy atom. The molecule has 2 heterocycles. The number of pyridine rings is 1. The number of aryl methyl sites for hydroxylation is 1. The normalized spacial score (nSPS) is 12.3. The predicted octanol–water partition coefficient (Wildman–Crippen LogP) is 4.23. The van der Waals surface area contributed by atoms with Gasteiger partial charge in [-0.05, 0) is 42.7 Å². The number of nitrogens with one attached hydrogen (secondary N) is 1. The van der Waals surface area contributed by atoms with Crippen molar-refractivity contribution >= 4 is 21.9 Å². The number of hydrogen-bond acceptors (Lipinski definition) is 8. The number of aromatic nitrogens is 2. The summed E-state index contributed by atoms with van der Waals surface area (Å²) in [5.41, 5.74) is -0.520. The second-order valence-corrected chi connectivity index (χ2v) is 9.77. The predicted molar refractivity (Wildman–Crippen MR) is 121 cm³/mol. The zero-order valence-electron chi connectivity index (χ0n) is 19.7. The van der Waals surface area contributed by atoms with Crippen LogP contribution in [0.1, 0.15) is 33.1 Å². The van der Waals surface area contributed by atoms with Gasteiger partial charge in [-0.15, -0.1) is 13.2 Å². The van der Waals surface area contributed by atoms with Crippen LogP contribution in [0, 0.1) is 6.92 Å². The highest BCUT2D eigenvalue weighted by atomic mass is 32.2. The number of carbonyl (C=O) groups is 1. The van der Waals surface area contributed by atoms with Crippen molar-refractivity contribution in [1.29, 1.82) is 0 Å². The molecule has 0 aliphatic rings. The van der Waals surface area contributed by atoms with Gasteiger partial charge in [0.2, 0.25) is 10.0 Å². The lowest BCUT2D eigenvalue weighted by atomic mass is 10.1. The molecule has 0 aliphatic carbocycles. The fourth-order valence-electron chi connectivity index (χ4n) is 3.22. The number of benzene rings is 1. The summed E-state index contributed by atoms with van der Waals surface area (Å²) < 4.78 is 110. The smallest absolute Gasteiger partial charge is 0.428 e. The van der Waals surface area contributed by atoms with Gasteiger partial charge < -0.3 is 14.1 Å². The molecule has 206 valence electrons. The molecule has 1 N–H and O–H groups in total. The van der Waals surface area contributed by atoms with E-state index < -0.39 is 39.9 Å². The second kappa shape index (κ2) is 10.9. The summed E-state index contributed by atoms with van der Waals surface area (Å²) in [5.74, 6) is -1.49. The van der Waals surface area contributed by atoms with E-state index in [-0.39, 0.29) is 37.0 Å². The SMILES string of the molecule is Cc1oc(N(CCc2ccc(OC(F)(F)F)cc2)Cc2ccc(C(F)(F)F)nc2)nc1C(=O)NS(C)(=O)=O. The van der Waals surface area contributed by atoms with Crippen LogP contribution in [-0.2, 0) is 29.2 Å². The van der Waals surface area contributed by atoms with Crippen LogP contribution in [0.5, 0.6) is 5.75 Å². The molecule has 0 radical (unpaired) electrons. The van der Waals surface area contributed by atoms with Gasteiger partial charge >= 0.3 is 12.5 Å². The van der Waals surface area contributed by atoms with Crippen molar-refractivity contribution in [1.82, 2.24) is 14.7 Å². The van der Waals surface area contributed by atoms with E-state index in [0.29, 0.717) is 11.1 Å². The lowest BCUT2D eigenvalue weighted by Gasteiger charge is -2.21. The summed E-state index contributed by atoms with van der Waals surface area (Å²) in [6, 6.07) is 6.87. The van der Waals surface area contributed by atoms with Crippen molar-refractivity contribution in [2.45, 2.75) is 32.4 Å². The second-order valence-electron chi connectivity index (χ2n) is 8.02. The van der Waals surface area contributed by atoms with Crippen LogP contribution in [0.15, 0.2) is 47.0 Å². The minimum Gasteiger partial charge on any atom is -0.428 e. The van der Waals surface area contributed by atoms with E-state index in [2.05, 4.69) is 14.7 Å². The zero-order chi connectivity index (χ0) is 28.3. The summed E-state index contributed by atoms with van der Waals surface area (Å²) in [5, 5.41) is 0. The first-order valence-corrected chi connectivity index (χ1v) is 12.5. The fourth-order valence-corrected chi connectivity index (χ4v) is 3.65. The monoisotopic (exact) mass is 566 g/mol. The summed E-state index contributed by atoms with van der Waals surface area (Å²) in [7, 11) is -3.90. The Bertz CT molecular complexity index is 1370. The van der Waals surface area contributed by atoms with Crippen molar-refractivity contribution in [3.8, 4) is 5.75 Å². The van der Waals surface area contributed by atoms with Gasteiger partial charge in [-0.2, -0.15) is 18.2 Å². The number of oxazole rings is 1. The summed E-state index contributed by atoms with van der Waals surface area (Å²) in [6.07, 6.45) is -7.49. The van der Waals surface area contributed by atoms with Gasteiger partial charge in [0.15, 0.2) is 5.69 Å². The lowest BCUT2D eigenvalue weighted by molar-refractivity contribution is -0.274. The third-order valence-electron chi connectivity index (χ3n) is 4.86. The molecule has 0 saturated heterocycles. The Kier molecular flexibility index (Phi) is 8.24. The van der Waals surface area contributed by atoms with Crippen molar-refractivity contribution in [2.75, 3.05) is 17.7 Å². The average Bonchev–Trinajstić information content (AvgIpc) is 3.17. The maximum absolute atomic E-state index is 12.9. The van der Waals surface area contributed by atoms with Gasteiger partial charge in [0, 0.05) is 19.3 Å². The van der Waals surface area contributed by atoms with Gasteiger partial charge in [0.05, 0.1) is 6.26 Å². The largest absolute Gasteiger partial charge is 0.573 e.